The van der Waals surface area contributed by atoms with Gasteiger partial charge in [-0.1, -0.05) is 12.1 Å². The molecule has 3 rings (SSSR count). The van der Waals surface area contributed by atoms with E-state index in [4.69, 9.17) is 5.11 Å². The average molecular weight is 278 g/mol. The van der Waals surface area contributed by atoms with Crippen molar-refractivity contribution >= 4 is 28.1 Å². The van der Waals surface area contributed by atoms with Gasteiger partial charge < -0.3 is 10.4 Å². The predicted molar refractivity (Wildman–Crippen MR) is 83.2 cm³/mol. The Hall–Kier alpha value is -2.88. The molecule has 0 aliphatic rings. The highest BCUT2D eigenvalue weighted by Gasteiger charge is 2.08. The van der Waals surface area contributed by atoms with E-state index >= 15 is 0 Å². The van der Waals surface area contributed by atoms with Crippen molar-refractivity contribution in [1.29, 1.82) is 0 Å². The molecular weight excluding hydrogens is 264 g/mol. The normalized spacial score (nSPS) is 10.5. The second-order valence-electron chi connectivity index (χ2n) is 4.86. The minimum atomic E-state index is -0.907. The van der Waals surface area contributed by atoms with Crippen molar-refractivity contribution < 1.29 is 9.90 Å². The Bertz CT molecular complexity index is 823. The van der Waals surface area contributed by atoms with E-state index in [0.717, 1.165) is 27.7 Å². The first-order valence-corrected chi connectivity index (χ1v) is 6.59. The number of nitrogens with one attached hydrogen (secondary N) is 1. The highest BCUT2D eigenvalue weighted by atomic mass is 16.4. The Balaban J connectivity index is 1.99. The number of anilines is 2. The molecule has 2 aromatic carbocycles. The number of carboxylic acid groups (broad SMARTS) is 1. The van der Waals surface area contributed by atoms with E-state index in [1.807, 2.05) is 36.5 Å². The average Bonchev–Trinajstić information content (AvgIpc) is 2.47. The topological polar surface area (TPSA) is 62.2 Å². The van der Waals surface area contributed by atoms with Gasteiger partial charge >= 0.3 is 5.97 Å². The summed E-state index contributed by atoms with van der Waals surface area (Å²) < 4.78 is 0. The first kappa shape index (κ1) is 13.1. The summed E-state index contributed by atoms with van der Waals surface area (Å²) in [6.07, 6.45) is 3.57. The fourth-order valence-corrected chi connectivity index (χ4v) is 2.37. The fourth-order valence-electron chi connectivity index (χ4n) is 2.37. The molecule has 0 fully saturated rings. The van der Waals surface area contributed by atoms with Crippen LogP contribution in [0.15, 0.2) is 54.9 Å². The van der Waals surface area contributed by atoms with Crippen molar-refractivity contribution in [2.75, 3.05) is 5.32 Å². The summed E-state index contributed by atoms with van der Waals surface area (Å²) in [5, 5.41) is 14.5. The van der Waals surface area contributed by atoms with Crippen LogP contribution in [0.25, 0.3) is 10.8 Å². The van der Waals surface area contributed by atoms with Crippen LogP contribution in [-0.4, -0.2) is 16.1 Å². The van der Waals surface area contributed by atoms with Crippen LogP contribution in [0.2, 0.25) is 0 Å². The minimum Gasteiger partial charge on any atom is -0.478 e. The van der Waals surface area contributed by atoms with Crippen LogP contribution < -0.4 is 5.32 Å². The van der Waals surface area contributed by atoms with Crippen LogP contribution in [0.3, 0.4) is 0 Å². The summed E-state index contributed by atoms with van der Waals surface area (Å²) in [6, 6.07) is 13.1. The minimum absolute atomic E-state index is 0.322. The number of hydrogen-bond acceptors (Lipinski definition) is 3. The molecule has 0 radical (unpaired) electrons. The van der Waals surface area contributed by atoms with E-state index in [1.54, 1.807) is 25.3 Å². The highest BCUT2D eigenvalue weighted by molar-refractivity contribution is 5.95. The molecule has 3 aromatic rings. The molecule has 104 valence electrons. The molecule has 21 heavy (non-hydrogen) atoms. The maximum atomic E-state index is 11.0. The number of nitrogens with zero attached hydrogens (tertiary/aromatic N) is 1. The van der Waals surface area contributed by atoms with E-state index in [0.29, 0.717) is 5.56 Å². The summed E-state index contributed by atoms with van der Waals surface area (Å²) in [5.41, 5.74) is 2.89. The van der Waals surface area contributed by atoms with Crippen LogP contribution >= 0.6 is 0 Å². The van der Waals surface area contributed by atoms with Crippen LogP contribution in [0.4, 0.5) is 11.4 Å². The van der Waals surface area contributed by atoms with Gasteiger partial charge in [0.2, 0.25) is 0 Å². The number of carboxylic acids is 1. The van der Waals surface area contributed by atoms with Crippen molar-refractivity contribution in [3.63, 3.8) is 0 Å². The van der Waals surface area contributed by atoms with Crippen molar-refractivity contribution in [3.8, 4) is 0 Å². The summed E-state index contributed by atoms with van der Waals surface area (Å²) in [7, 11) is 0. The summed E-state index contributed by atoms with van der Waals surface area (Å²) in [4.78, 5) is 15.2. The third-order valence-corrected chi connectivity index (χ3v) is 3.42. The van der Waals surface area contributed by atoms with Crippen molar-refractivity contribution in [1.82, 2.24) is 4.98 Å². The monoisotopic (exact) mass is 278 g/mol. The molecule has 0 spiro atoms. The Kier molecular flexibility index (Phi) is 3.28. The van der Waals surface area contributed by atoms with Crippen LogP contribution in [-0.2, 0) is 0 Å². The lowest BCUT2D eigenvalue weighted by molar-refractivity contribution is 0.0696. The number of benzene rings is 2. The lowest BCUT2D eigenvalue weighted by atomic mass is 10.1. The van der Waals surface area contributed by atoms with E-state index in [2.05, 4.69) is 10.3 Å². The first-order chi connectivity index (χ1) is 10.1. The zero-order valence-corrected chi connectivity index (χ0v) is 11.5. The smallest absolute Gasteiger partial charge is 0.335 e. The number of hydrogen-bond donors (Lipinski definition) is 2. The number of pyridine rings is 1. The predicted octanol–water partition coefficient (Wildman–Crippen LogP) is 3.99. The zero-order valence-electron chi connectivity index (χ0n) is 11.5. The van der Waals surface area contributed by atoms with Gasteiger partial charge in [-0.05, 0) is 42.8 Å². The molecule has 0 amide bonds. The van der Waals surface area contributed by atoms with E-state index < -0.39 is 5.97 Å². The van der Waals surface area contributed by atoms with Gasteiger partial charge in [0.25, 0.3) is 0 Å². The van der Waals surface area contributed by atoms with Gasteiger partial charge in [-0.3, -0.25) is 4.98 Å². The summed E-state index contributed by atoms with van der Waals surface area (Å²) >= 11 is 0. The summed E-state index contributed by atoms with van der Waals surface area (Å²) in [6.45, 7) is 1.79. The van der Waals surface area contributed by atoms with Gasteiger partial charge in [0.15, 0.2) is 0 Å². The second-order valence-corrected chi connectivity index (χ2v) is 4.86. The van der Waals surface area contributed by atoms with Crippen molar-refractivity contribution in [2.24, 2.45) is 0 Å². The lowest BCUT2D eigenvalue weighted by Gasteiger charge is -2.11. The van der Waals surface area contributed by atoms with Crippen LogP contribution in [0.1, 0.15) is 15.9 Å². The molecular formula is C17H14N2O2. The molecule has 0 aliphatic carbocycles. The molecule has 1 heterocycles. The molecule has 0 aliphatic heterocycles. The molecule has 4 heteroatoms. The second kappa shape index (κ2) is 5.25. The fraction of sp³-hybridized carbons (Fsp3) is 0.0588. The largest absolute Gasteiger partial charge is 0.478 e. The molecule has 0 saturated carbocycles. The SMILES string of the molecule is Cc1cc(Nc2cccc3cnccc23)ccc1C(=O)O. The van der Waals surface area contributed by atoms with Crippen LogP contribution in [0, 0.1) is 6.92 Å². The maximum Gasteiger partial charge on any atom is 0.335 e. The van der Waals surface area contributed by atoms with Gasteiger partial charge in [0.1, 0.15) is 0 Å². The molecule has 1 aromatic heterocycles. The quantitative estimate of drug-likeness (QED) is 0.760. The number of aromatic nitrogens is 1. The number of fused-ring (bicyclic) bond motifs is 1. The maximum absolute atomic E-state index is 11.0. The third-order valence-electron chi connectivity index (χ3n) is 3.42. The Morgan fingerprint density at radius 2 is 2.05 bits per heavy atom. The van der Waals surface area contributed by atoms with E-state index in [1.165, 1.54) is 0 Å². The van der Waals surface area contributed by atoms with Gasteiger partial charge in [0, 0.05) is 34.5 Å². The van der Waals surface area contributed by atoms with E-state index in [9.17, 15) is 4.79 Å². The Morgan fingerprint density at radius 1 is 1.19 bits per heavy atom. The molecule has 2 N–H and O–H groups in total. The number of aromatic carboxylic acids is 1. The third kappa shape index (κ3) is 2.56. The number of carbonyl (C=O) groups is 1. The van der Waals surface area contributed by atoms with Crippen LogP contribution in [0.5, 0.6) is 0 Å². The van der Waals surface area contributed by atoms with Crippen molar-refractivity contribution in [2.45, 2.75) is 6.92 Å². The molecule has 4 nitrogen and oxygen atoms in total. The van der Waals surface area contributed by atoms with Gasteiger partial charge in [0.05, 0.1) is 5.56 Å². The zero-order chi connectivity index (χ0) is 14.8. The summed E-state index contributed by atoms with van der Waals surface area (Å²) in [5.74, 6) is -0.907. The molecule has 0 saturated heterocycles. The molecule has 0 unspecified atom stereocenters. The van der Waals surface area contributed by atoms with Gasteiger partial charge in [-0.2, -0.15) is 0 Å². The van der Waals surface area contributed by atoms with E-state index in [-0.39, 0.29) is 0 Å². The highest BCUT2D eigenvalue weighted by Crippen LogP contribution is 2.26. The first-order valence-electron chi connectivity index (χ1n) is 6.59. The molecule has 0 atom stereocenters. The standard InChI is InChI=1S/C17H14N2O2/c1-11-9-13(5-6-14(11)17(20)21)19-16-4-2-3-12-10-18-8-7-15(12)16/h2-10,19H,1H3,(H,20,21). The molecule has 0 bridgehead atoms. The Labute approximate surface area is 122 Å². The van der Waals surface area contributed by atoms with Crippen molar-refractivity contribution in [3.05, 3.63) is 66.0 Å². The van der Waals surface area contributed by atoms with Gasteiger partial charge in [-0.25, -0.2) is 4.79 Å². The van der Waals surface area contributed by atoms with Gasteiger partial charge in [-0.15, -0.1) is 0 Å². The lowest BCUT2D eigenvalue weighted by Crippen LogP contribution is -2.00. The Morgan fingerprint density at radius 3 is 2.81 bits per heavy atom. The number of aryl methyl sites for hydroxylation is 1. The number of rotatable bonds is 3.